The molecule has 9 nitrogen and oxygen atoms in total. The van der Waals surface area contributed by atoms with Crippen LogP contribution in [0.25, 0.3) is 11.4 Å². The van der Waals surface area contributed by atoms with E-state index in [0.717, 1.165) is 31.4 Å². The average Bonchev–Trinajstić information content (AvgIpc) is 3.12. The van der Waals surface area contributed by atoms with Gasteiger partial charge in [0.1, 0.15) is 23.2 Å². The highest BCUT2D eigenvalue weighted by Crippen LogP contribution is 2.39. The number of carbonyl (C=O) groups excluding carboxylic acids is 1. The molecule has 1 spiro atoms. The van der Waals surface area contributed by atoms with Crippen LogP contribution in [0.15, 0.2) is 48.9 Å². The molecule has 5 rings (SSSR count). The van der Waals surface area contributed by atoms with Crippen molar-refractivity contribution in [2.24, 2.45) is 0 Å². The molecule has 2 saturated heterocycles. The number of piperidine rings is 1. The molecular formula is C24H24F3N7O2. The largest absolute Gasteiger partial charge is 0.573 e. The number of likely N-dealkylation sites (tertiary alicyclic amines) is 1. The Morgan fingerprint density at radius 1 is 1.06 bits per heavy atom. The van der Waals surface area contributed by atoms with Gasteiger partial charge in [0.15, 0.2) is 5.82 Å². The fourth-order valence-electron chi connectivity index (χ4n) is 4.77. The highest BCUT2D eigenvalue weighted by molar-refractivity contribution is 5.79. The molecule has 0 aliphatic carbocycles. The first kappa shape index (κ1) is 23.8. The van der Waals surface area contributed by atoms with Crippen LogP contribution in [0, 0.1) is 0 Å². The molecule has 0 atom stereocenters. The van der Waals surface area contributed by atoms with Gasteiger partial charge >= 0.3 is 6.36 Å². The van der Waals surface area contributed by atoms with E-state index >= 15 is 0 Å². The molecule has 3 aromatic rings. The zero-order valence-corrected chi connectivity index (χ0v) is 19.5. The molecule has 1 N–H and O–H groups in total. The minimum atomic E-state index is -4.81. The van der Waals surface area contributed by atoms with Gasteiger partial charge in [0.05, 0.1) is 0 Å². The third-order valence-corrected chi connectivity index (χ3v) is 6.76. The number of alkyl halides is 3. The molecule has 3 aromatic heterocycles. The summed E-state index contributed by atoms with van der Waals surface area (Å²) in [6, 6.07) is 7.61. The Morgan fingerprint density at radius 3 is 2.53 bits per heavy atom. The average molecular weight is 499 g/mol. The third kappa shape index (κ3) is 5.02. The molecule has 0 unspecified atom stereocenters. The van der Waals surface area contributed by atoms with E-state index in [1.165, 1.54) is 6.20 Å². The van der Waals surface area contributed by atoms with E-state index < -0.39 is 12.1 Å². The lowest BCUT2D eigenvalue weighted by molar-refractivity contribution is -0.274. The number of rotatable bonds is 5. The SMILES string of the molecule is CN1C(=O)CCC12CCN(c1cc(Nc3cc(OC(F)(F)F)ccn3)nc(-c3cccnc3)n1)CC2. The van der Waals surface area contributed by atoms with Crippen molar-refractivity contribution in [1.29, 1.82) is 0 Å². The molecule has 0 saturated carbocycles. The zero-order chi connectivity index (χ0) is 25.3. The molecule has 0 bridgehead atoms. The Balaban J connectivity index is 1.42. The van der Waals surface area contributed by atoms with Crippen LogP contribution >= 0.6 is 0 Å². The van der Waals surface area contributed by atoms with Crippen LogP contribution in [0.2, 0.25) is 0 Å². The number of aromatic nitrogens is 4. The number of amides is 1. The number of hydrogen-bond acceptors (Lipinski definition) is 8. The van der Waals surface area contributed by atoms with Gasteiger partial charge < -0.3 is 19.9 Å². The van der Waals surface area contributed by atoms with E-state index in [9.17, 15) is 18.0 Å². The van der Waals surface area contributed by atoms with Gasteiger partial charge in [-0.25, -0.2) is 15.0 Å². The number of pyridine rings is 2. The van der Waals surface area contributed by atoms with Gasteiger partial charge in [-0.15, -0.1) is 13.2 Å². The second kappa shape index (κ2) is 9.25. The molecule has 12 heteroatoms. The van der Waals surface area contributed by atoms with Gasteiger partial charge in [0.2, 0.25) is 5.91 Å². The Bertz CT molecular complexity index is 1250. The summed E-state index contributed by atoms with van der Waals surface area (Å²) in [5, 5.41) is 2.97. The van der Waals surface area contributed by atoms with Crippen molar-refractivity contribution >= 4 is 23.4 Å². The summed E-state index contributed by atoms with van der Waals surface area (Å²) >= 11 is 0. The summed E-state index contributed by atoms with van der Waals surface area (Å²) < 4.78 is 41.9. The molecular weight excluding hydrogens is 475 g/mol. The van der Waals surface area contributed by atoms with Crippen LogP contribution in [0.3, 0.4) is 0 Å². The van der Waals surface area contributed by atoms with Gasteiger partial charge in [-0.05, 0) is 37.5 Å². The Kier molecular flexibility index (Phi) is 6.10. The number of ether oxygens (including phenoxy) is 1. The van der Waals surface area contributed by atoms with Crippen molar-refractivity contribution in [1.82, 2.24) is 24.8 Å². The van der Waals surface area contributed by atoms with Crippen LogP contribution in [0.4, 0.5) is 30.6 Å². The van der Waals surface area contributed by atoms with Crippen molar-refractivity contribution in [3.63, 3.8) is 0 Å². The molecule has 0 radical (unpaired) electrons. The van der Waals surface area contributed by atoms with Crippen molar-refractivity contribution < 1.29 is 22.7 Å². The number of hydrogen-bond donors (Lipinski definition) is 1. The molecule has 36 heavy (non-hydrogen) atoms. The molecule has 0 aromatic carbocycles. The Hall–Kier alpha value is -3.96. The van der Waals surface area contributed by atoms with E-state index in [2.05, 4.69) is 29.9 Å². The minimum Gasteiger partial charge on any atom is -0.406 e. The fourth-order valence-corrected chi connectivity index (χ4v) is 4.77. The van der Waals surface area contributed by atoms with Gasteiger partial charge in [-0.1, -0.05) is 0 Å². The predicted octanol–water partition coefficient (Wildman–Crippen LogP) is 4.17. The van der Waals surface area contributed by atoms with Crippen LogP contribution < -0.4 is 15.0 Å². The predicted molar refractivity (Wildman–Crippen MR) is 126 cm³/mol. The van der Waals surface area contributed by atoms with Crippen molar-refractivity contribution in [2.75, 3.05) is 30.4 Å². The molecule has 1 amide bonds. The fraction of sp³-hybridized carbons (Fsp3) is 0.375. The summed E-state index contributed by atoms with van der Waals surface area (Å²) in [7, 11) is 1.88. The monoisotopic (exact) mass is 499 g/mol. The van der Waals surface area contributed by atoms with Gasteiger partial charge in [0.25, 0.3) is 0 Å². The van der Waals surface area contributed by atoms with Crippen LogP contribution in [0.5, 0.6) is 5.75 Å². The Morgan fingerprint density at radius 2 is 1.86 bits per heavy atom. The van der Waals surface area contributed by atoms with Gasteiger partial charge in [0, 0.05) is 68.4 Å². The first-order valence-electron chi connectivity index (χ1n) is 11.5. The van der Waals surface area contributed by atoms with E-state index in [1.807, 2.05) is 18.0 Å². The third-order valence-electron chi connectivity index (χ3n) is 6.76. The van der Waals surface area contributed by atoms with Crippen LogP contribution in [-0.4, -0.2) is 62.8 Å². The normalized spacial score (nSPS) is 17.5. The molecule has 2 fully saturated rings. The second-order valence-electron chi connectivity index (χ2n) is 8.89. The molecule has 5 heterocycles. The summed E-state index contributed by atoms with van der Waals surface area (Å²) in [5.74, 6) is 1.37. The standard InChI is InChI=1S/C24H24F3N7O2/c1-33-21(35)4-6-23(33)7-11-34(12-8-23)20-14-19(31-22(32-20)16-3-2-9-28-15-16)30-18-13-17(5-10-29-18)36-24(25,26)27/h2-3,5,9-10,13-15H,4,6-8,11-12H2,1H3,(H,29,30,31,32). The quantitative estimate of drug-likeness (QED) is 0.559. The lowest BCUT2D eigenvalue weighted by Gasteiger charge is -2.44. The maximum atomic E-state index is 12.6. The second-order valence-corrected chi connectivity index (χ2v) is 8.89. The van der Waals surface area contributed by atoms with E-state index in [-0.39, 0.29) is 17.3 Å². The summed E-state index contributed by atoms with van der Waals surface area (Å²) in [6.07, 6.45) is 2.78. The first-order valence-corrected chi connectivity index (χ1v) is 11.5. The lowest BCUT2D eigenvalue weighted by atomic mass is 9.85. The van der Waals surface area contributed by atoms with Gasteiger partial charge in [-0.3, -0.25) is 9.78 Å². The number of anilines is 3. The number of nitrogens with one attached hydrogen (secondary N) is 1. The van der Waals surface area contributed by atoms with Gasteiger partial charge in [-0.2, -0.15) is 0 Å². The summed E-state index contributed by atoms with van der Waals surface area (Å²) in [6.45, 7) is 1.40. The van der Waals surface area contributed by atoms with Crippen molar-refractivity contribution in [3.8, 4) is 17.1 Å². The highest BCUT2D eigenvalue weighted by Gasteiger charge is 2.45. The minimum absolute atomic E-state index is 0.114. The van der Waals surface area contributed by atoms with E-state index in [1.54, 1.807) is 24.5 Å². The van der Waals surface area contributed by atoms with Crippen molar-refractivity contribution in [2.45, 2.75) is 37.6 Å². The van der Waals surface area contributed by atoms with Crippen LogP contribution in [-0.2, 0) is 4.79 Å². The maximum absolute atomic E-state index is 12.6. The summed E-state index contributed by atoms with van der Waals surface area (Å²) in [5.41, 5.74) is 0.579. The molecule has 2 aliphatic rings. The smallest absolute Gasteiger partial charge is 0.406 e. The summed E-state index contributed by atoms with van der Waals surface area (Å²) in [4.78, 5) is 33.7. The van der Waals surface area contributed by atoms with Crippen molar-refractivity contribution in [3.05, 3.63) is 48.9 Å². The molecule has 2 aliphatic heterocycles. The van der Waals surface area contributed by atoms with Crippen LogP contribution in [0.1, 0.15) is 25.7 Å². The number of carbonyl (C=O) groups is 1. The Labute approximate surface area is 205 Å². The number of nitrogens with zero attached hydrogens (tertiary/aromatic N) is 6. The lowest BCUT2D eigenvalue weighted by Crippen LogP contribution is -2.51. The number of halogens is 3. The highest BCUT2D eigenvalue weighted by atomic mass is 19.4. The van der Waals surface area contributed by atoms with E-state index in [0.29, 0.717) is 42.5 Å². The topological polar surface area (TPSA) is 96.4 Å². The van der Waals surface area contributed by atoms with E-state index in [4.69, 9.17) is 4.98 Å². The molecule has 188 valence electrons. The zero-order valence-electron chi connectivity index (χ0n) is 19.5. The first-order chi connectivity index (χ1) is 17.2. The maximum Gasteiger partial charge on any atom is 0.573 e.